The van der Waals surface area contributed by atoms with Crippen LogP contribution in [0.5, 0.6) is 0 Å². The van der Waals surface area contributed by atoms with Gasteiger partial charge in [-0.2, -0.15) is 0 Å². The lowest BCUT2D eigenvalue weighted by atomic mass is 10.1. The van der Waals surface area contributed by atoms with Gasteiger partial charge in [0.25, 0.3) is 0 Å². The minimum absolute atomic E-state index is 0.626. The van der Waals surface area contributed by atoms with Crippen LogP contribution in [0.4, 0.5) is 0 Å². The van der Waals surface area contributed by atoms with Crippen LogP contribution in [0.3, 0.4) is 0 Å². The van der Waals surface area contributed by atoms with Crippen molar-refractivity contribution in [1.82, 2.24) is 0 Å². The van der Waals surface area contributed by atoms with Gasteiger partial charge in [-0.15, -0.1) is 0 Å². The molecule has 1 heterocycles. The summed E-state index contributed by atoms with van der Waals surface area (Å²) in [5, 5.41) is 8.37. The smallest absolute Gasteiger partial charge is 0.152 e. The second-order valence-electron chi connectivity index (χ2n) is 3.33. The minimum Gasteiger partial charge on any atom is -0.454 e. The summed E-state index contributed by atoms with van der Waals surface area (Å²) in [5.41, 5.74) is 1.84. The molecule has 0 saturated heterocycles. The Balaban J connectivity index is 2.66. The molecule has 0 spiro atoms. The lowest BCUT2D eigenvalue weighted by Gasteiger charge is -1.89. The molecule has 0 aliphatic rings. The van der Waals surface area contributed by atoms with Crippen molar-refractivity contribution in [3.05, 3.63) is 41.7 Å². The van der Waals surface area contributed by atoms with Gasteiger partial charge >= 0.3 is 0 Å². The van der Waals surface area contributed by atoms with Crippen molar-refractivity contribution in [2.24, 2.45) is 0 Å². The maximum atomic E-state index is 7.30. The summed E-state index contributed by atoms with van der Waals surface area (Å²) in [5.74, 6) is 0.626. The number of para-hydroxylation sites is 1. The molecule has 0 radical (unpaired) electrons. The first-order valence-electron chi connectivity index (χ1n) is 5.05. The van der Waals surface area contributed by atoms with Crippen molar-refractivity contribution in [3.8, 4) is 0 Å². The van der Waals surface area contributed by atoms with E-state index in [-0.39, 0.29) is 0 Å². The van der Waals surface area contributed by atoms with Crippen LogP contribution in [0, 0.1) is 5.41 Å². The van der Waals surface area contributed by atoms with E-state index in [0.717, 1.165) is 23.0 Å². The maximum Gasteiger partial charge on any atom is 0.152 e. The number of rotatable bonds is 3. The summed E-state index contributed by atoms with van der Waals surface area (Å²) in [4.78, 5) is 0. The standard InChI is InChI=1S/C13H13NO/c1-2-3-6-11-10-7-4-5-8-12(10)15-13(11)9-14/h3-9,14H,2H2,1H3. The molecule has 1 aromatic heterocycles. The molecule has 0 atom stereocenters. The number of fused-ring (bicyclic) bond motifs is 1. The van der Waals surface area contributed by atoms with Gasteiger partial charge in [0.2, 0.25) is 0 Å². The zero-order valence-corrected chi connectivity index (χ0v) is 8.66. The van der Waals surface area contributed by atoms with Crippen molar-refractivity contribution in [3.63, 3.8) is 0 Å². The monoisotopic (exact) mass is 199 g/mol. The molecule has 15 heavy (non-hydrogen) atoms. The average molecular weight is 199 g/mol. The Morgan fingerprint density at radius 3 is 2.87 bits per heavy atom. The van der Waals surface area contributed by atoms with Crippen molar-refractivity contribution < 1.29 is 4.42 Å². The summed E-state index contributed by atoms with van der Waals surface area (Å²) in [6.45, 7) is 2.09. The van der Waals surface area contributed by atoms with Crippen LogP contribution in [0.1, 0.15) is 24.7 Å². The first-order valence-corrected chi connectivity index (χ1v) is 5.05. The molecule has 0 amide bonds. The van der Waals surface area contributed by atoms with E-state index in [1.165, 1.54) is 6.21 Å². The number of furan rings is 1. The molecule has 2 rings (SSSR count). The Morgan fingerprint density at radius 2 is 2.13 bits per heavy atom. The topological polar surface area (TPSA) is 37.0 Å². The number of benzene rings is 1. The first kappa shape index (κ1) is 9.71. The maximum absolute atomic E-state index is 7.30. The van der Waals surface area contributed by atoms with Gasteiger partial charge in [0.05, 0.1) is 6.21 Å². The summed E-state index contributed by atoms with van der Waals surface area (Å²) in [6, 6.07) is 7.86. The molecule has 1 aromatic carbocycles. The number of hydrogen-bond acceptors (Lipinski definition) is 2. The van der Waals surface area contributed by atoms with Gasteiger partial charge in [0.1, 0.15) is 5.58 Å². The molecule has 2 heteroatoms. The predicted molar refractivity (Wildman–Crippen MR) is 63.4 cm³/mol. The number of hydrogen-bond donors (Lipinski definition) is 1. The summed E-state index contributed by atoms with van der Waals surface area (Å²) >= 11 is 0. The molecule has 0 saturated carbocycles. The average Bonchev–Trinajstić information content (AvgIpc) is 2.64. The highest BCUT2D eigenvalue weighted by atomic mass is 16.3. The van der Waals surface area contributed by atoms with Crippen LogP contribution in [-0.4, -0.2) is 6.21 Å². The van der Waals surface area contributed by atoms with E-state index in [2.05, 4.69) is 13.0 Å². The SMILES string of the molecule is CCC=Cc1c(C=N)oc2ccccc12. The third-order valence-electron chi connectivity index (χ3n) is 2.31. The fourth-order valence-corrected chi connectivity index (χ4v) is 1.60. The Hall–Kier alpha value is -1.83. The van der Waals surface area contributed by atoms with Crippen molar-refractivity contribution in [2.75, 3.05) is 0 Å². The lowest BCUT2D eigenvalue weighted by Crippen LogP contribution is -1.78. The highest BCUT2D eigenvalue weighted by Crippen LogP contribution is 2.25. The molecule has 2 aromatic rings. The van der Waals surface area contributed by atoms with E-state index < -0.39 is 0 Å². The third kappa shape index (κ3) is 1.71. The van der Waals surface area contributed by atoms with E-state index in [1.807, 2.05) is 30.3 Å². The fraction of sp³-hybridized carbons (Fsp3) is 0.154. The van der Waals surface area contributed by atoms with Crippen molar-refractivity contribution in [2.45, 2.75) is 13.3 Å². The van der Waals surface area contributed by atoms with Gasteiger partial charge in [0, 0.05) is 10.9 Å². The van der Waals surface area contributed by atoms with Crippen molar-refractivity contribution >= 4 is 23.3 Å². The van der Waals surface area contributed by atoms with Crippen LogP contribution >= 0.6 is 0 Å². The van der Waals surface area contributed by atoms with Gasteiger partial charge in [-0.1, -0.05) is 37.3 Å². The van der Waals surface area contributed by atoms with Crippen LogP contribution < -0.4 is 0 Å². The second kappa shape index (κ2) is 4.13. The van der Waals surface area contributed by atoms with Crippen molar-refractivity contribution in [1.29, 1.82) is 5.41 Å². The Morgan fingerprint density at radius 1 is 1.33 bits per heavy atom. The summed E-state index contributed by atoms with van der Waals surface area (Å²) in [7, 11) is 0. The van der Waals surface area contributed by atoms with E-state index >= 15 is 0 Å². The van der Waals surface area contributed by atoms with Crippen LogP contribution in [0.2, 0.25) is 0 Å². The molecular weight excluding hydrogens is 186 g/mol. The molecule has 76 valence electrons. The molecule has 0 unspecified atom stereocenters. The fourth-order valence-electron chi connectivity index (χ4n) is 1.60. The lowest BCUT2D eigenvalue weighted by molar-refractivity contribution is 0.606. The Bertz CT molecular complexity index is 508. The first-order chi connectivity index (χ1) is 7.36. The third-order valence-corrected chi connectivity index (χ3v) is 2.31. The van der Waals surface area contributed by atoms with Gasteiger partial charge in [-0.3, -0.25) is 0 Å². The quantitative estimate of drug-likeness (QED) is 0.749. The Labute approximate surface area is 88.7 Å². The molecule has 2 nitrogen and oxygen atoms in total. The highest BCUT2D eigenvalue weighted by Gasteiger charge is 2.08. The molecule has 1 N–H and O–H groups in total. The van der Waals surface area contributed by atoms with Gasteiger partial charge in [0.15, 0.2) is 5.76 Å². The van der Waals surface area contributed by atoms with Crippen LogP contribution in [0.15, 0.2) is 34.8 Å². The zero-order valence-electron chi connectivity index (χ0n) is 8.66. The van der Waals surface area contributed by atoms with Gasteiger partial charge in [-0.25, -0.2) is 0 Å². The van der Waals surface area contributed by atoms with E-state index in [4.69, 9.17) is 9.83 Å². The number of nitrogens with one attached hydrogen (secondary N) is 1. The number of allylic oxidation sites excluding steroid dienone is 1. The summed E-state index contributed by atoms with van der Waals surface area (Å²) < 4.78 is 5.55. The molecular formula is C13H13NO. The zero-order chi connectivity index (χ0) is 10.7. The van der Waals surface area contributed by atoms with E-state index in [1.54, 1.807) is 0 Å². The van der Waals surface area contributed by atoms with E-state index in [9.17, 15) is 0 Å². The highest BCUT2D eigenvalue weighted by molar-refractivity contribution is 5.95. The Kier molecular flexibility index (Phi) is 2.68. The van der Waals surface area contributed by atoms with E-state index in [0.29, 0.717) is 5.76 Å². The molecule has 0 aliphatic heterocycles. The predicted octanol–water partition coefficient (Wildman–Crippen LogP) is 3.85. The van der Waals surface area contributed by atoms with Crippen LogP contribution in [0.25, 0.3) is 17.0 Å². The van der Waals surface area contributed by atoms with Gasteiger partial charge < -0.3 is 9.83 Å². The largest absolute Gasteiger partial charge is 0.454 e. The molecule has 0 bridgehead atoms. The van der Waals surface area contributed by atoms with Gasteiger partial charge in [-0.05, 0) is 12.5 Å². The normalized spacial score (nSPS) is 11.3. The molecule has 0 aliphatic carbocycles. The van der Waals surface area contributed by atoms with Crippen LogP contribution in [-0.2, 0) is 0 Å². The second-order valence-corrected chi connectivity index (χ2v) is 3.33. The summed E-state index contributed by atoms with van der Waals surface area (Å²) in [6.07, 6.45) is 6.34. The minimum atomic E-state index is 0.626. The molecule has 0 fully saturated rings.